The van der Waals surface area contributed by atoms with Crippen molar-refractivity contribution < 1.29 is 37.6 Å². The minimum Gasteiger partial charge on any atom is -0.462 e. The highest BCUT2D eigenvalue weighted by atomic mass is 31.2. The number of hydrogen-bond acceptors (Lipinski definition) is 7. The van der Waals surface area contributed by atoms with Crippen LogP contribution < -0.4 is 4.52 Å². The van der Waals surface area contributed by atoms with Crippen molar-refractivity contribution in [2.45, 2.75) is 200 Å². The van der Waals surface area contributed by atoms with Crippen molar-refractivity contribution in [2.75, 3.05) is 13.2 Å². The van der Waals surface area contributed by atoms with Gasteiger partial charge in [0.1, 0.15) is 19.0 Å². The van der Waals surface area contributed by atoms with Crippen molar-refractivity contribution in [1.82, 2.24) is 0 Å². The molecule has 0 heterocycles. The quantitative estimate of drug-likeness (QED) is 0.0414. The average molecular weight is 725 g/mol. The number of carbonyl (C=O) groups is 2. The molecular formula is C41H73O8P. The summed E-state index contributed by atoms with van der Waals surface area (Å²) in [6.45, 7) is 3.82. The van der Waals surface area contributed by atoms with Crippen molar-refractivity contribution in [1.29, 1.82) is 0 Å². The fourth-order valence-corrected chi connectivity index (χ4v) is 6.81. The SMILES string of the molecule is CCCCCCCCCCCCCCCC(=O)OC[C@H](COP(=O)(O)Oc1ccccc1)OC(=O)CCCCCCCCCCCCCCC. The van der Waals surface area contributed by atoms with Gasteiger partial charge >= 0.3 is 19.8 Å². The van der Waals surface area contributed by atoms with E-state index >= 15 is 0 Å². The van der Waals surface area contributed by atoms with E-state index in [2.05, 4.69) is 13.8 Å². The Hall–Kier alpha value is -1.89. The van der Waals surface area contributed by atoms with E-state index in [0.29, 0.717) is 6.42 Å². The van der Waals surface area contributed by atoms with Crippen molar-refractivity contribution in [2.24, 2.45) is 0 Å². The Morgan fingerprint density at radius 3 is 1.36 bits per heavy atom. The molecule has 0 aromatic heterocycles. The maximum Gasteiger partial charge on any atom is 0.527 e. The van der Waals surface area contributed by atoms with Gasteiger partial charge in [-0.1, -0.05) is 186 Å². The van der Waals surface area contributed by atoms with Gasteiger partial charge in [-0.15, -0.1) is 0 Å². The molecule has 0 bridgehead atoms. The van der Waals surface area contributed by atoms with Crippen molar-refractivity contribution in [3.05, 3.63) is 30.3 Å². The van der Waals surface area contributed by atoms with E-state index < -0.39 is 26.5 Å². The largest absolute Gasteiger partial charge is 0.527 e. The number of unbranched alkanes of at least 4 members (excludes halogenated alkanes) is 24. The second kappa shape index (κ2) is 33.0. The van der Waals surface area contributed by atoms with Gasteiger partial charge < -0.3 is 14.0 Å². The standard InChI is InChI=1S/C41H73O8P/c1-3-5-7-9-11-13-15-17-19-21-23-25-30-34-40(42)46-36-39(37-47-50(44,45)49-38-32-28-27-29-33-38)48-41(43)35-31-26-24-22-20-18-16-14-12-10-8-6-4-2/h27-29,32-33,39H,3-26,30-31,34-37H2,1-2H3,(H,44,45)/t39-/m1/s1. The van der Waals surface area contributed by atoms with Crippen LogP contribution in [-0.2, 0) is 28.2 Å². The lowest BCUT2D eigenvalue weighted by molar-refractivity contribution is -0.161. The Bertz CT molecular complexity index is 973. The molecule has 0 aliphatic rings. The Labute approximate surface area is 305 Å². The average Bonchev–Trinajstić information content (AvgIpc) is 3.10. The van der Waals surface area contributed by atoms with E-state index in [0.717, 1.165) is 32.1 Å². The smallest absolute Gasteiger partial charge is 0.462 e. The summed E-state index contributed by atoms with van der Waals surface area (Å²) < 4.78 is 33.7. The molecule has 0 saturated heterocycles. The lowest BCUT2D eigenvalue weighted by atomic mass is 10.0. The summed E-state index contributed by atoms with van der Waals surface area (Å²) in [6, 6.07) is 8.19. The minimum atomic E-state index is -4.49. The predicted molar refractivity (Wildman–Crippen MR) is 204 cm³/mol. The minimum absolute atomic E-state index is 0.179. The van der Waals surface area contributed by atoms with E-state index in [-0.39, 0.29) is 31.2 Å². The Kier molecular flexibility index (Phi) is 30.4. The summed E-state index contributed by atoms with van der Waals surface area (Å²) in [6.07, 6.45) is 31.2. The zero-order chi connectivity index (χ0) is 36.4. The third kappa shape index (κ3) is 29.8. The molecule has 0 fully saturated rings. The molecule has 50 heavy (non-hydrogen) atoms. The summed E-state index contributed by atoms with van der Waals surface area (Å²) in [7, 11) is -4.49. The van der Waals surface area contributed by atoms with Crippen LogP contribution in [0.2, 0.25) is 0 Å². The first-order valence-corrected chi connectivity index (χ1v) is 21.9. The van der Waals surface area contributed by atoms with Crippen LogP contribution in [0.5, 0.6) is 5.75 Å². The maximum absolute atomic E-state index is 12.6. The van der Waals surface area contributed by atoms with E-state index in [4.69, 9.17) is 18.5 Å². The van der Waals surface area contributed by atoms with E-state index in [1.165, 1.54) is 141 Å². The highest BCUT2D eigenvalue weighted by Crippen LogP contribution is 2.43. The third-order valence-corrected chi connectivity index (χ3v) is 10.0. The molecule has 9 heteroatoms. The first-order chi connectivity index (χ1) is 24.4. The third-order valence-electron chi connectivity index (χ3n) is 9.08. The fourth-order valence-electron chi connectivity index (χ4n) is 6.01. The van der Waals surface area contributed by atoms with Crippen LogP contribution in [0.15, 0.2) is 30.3 Å². The van der Waals surface area contributed by atoms with Crippen molar-refractivity contribution in [3.63, 3.8) is 0 Å². The number of benzene rings is 1. The van der Waals surface area contributed by atoms with Crippen LogP contribution in [0, 0.1) is 0 Å². The maximum atomic E-state index is 12.6. The molecule has 0 radical (unpaired) electrons. The second-order valence-corrected chi connectivity index (χ2v) is 15.3. The molecule has 0 spiro atoms. The molecule has 0 amide bonds. The summed E-state index contributed by atoms with van der Waals surface area (Å²) in [4.78, 5) is 35.3. The second-order valence-electron chi connectivity index (χ2n) is 13.9. The predicted octanol–water partition coefficient (Wildman–Crippen LogP) is 12.6. The van der Waals surface area contributed by atoms with Crippen LogP contribution in [0.25, 0.3) is 0 Å². The molecule has 0 saturated carbocycles. The molecule has 0 aliphatic carbocycles. The van der Waals surface area contributed by atoms with Crippen LogP contribution in [0.1, 0.15) is 194 Å². The van der Waals surface area contributed by atoms with Crippen LogP contribution in [0.4, 0.5) is 0 Å². The number of phosphoric ester groups is 1. The van der Waals surface area contributed by atoms with Crippen LogP contribution in [0.3, 0.4) is 0 Å². The van der Waals surface area contributed by atoms with E-state index in [9.17, 15) is 19.0 Å². The van der Waals surface area contributed by atoms with Crippen molar-refractivity contribution >= 4 is 19.8 Å². The lowest BCUT2D eigenvalue weighted by Gasteiger charge is -2.20. The molecule has 290 valence electrons. The zero-order valence-corrected chi connectivity index (χ0v) is 32.8. The fraction of sp³-hybridized carbons (Fsp3) is 0.805. The number of rotatable bonds is 36. The lowest BCUT2D eigenvalue weighted by Crippen LogP contribution is -2.29. The first kappa shape index (κ1) is 46.1. The summed E-state index contributed by atoms with van der Waals surface area (Å²) >= 11 is 0. The number of ether oxygens (including phenoxy) is 2. The first-order valence-electron chi connectivity index (χ1n) is 20.4. The van der Waals surface area contributed by atoms with Gasteiger partial charge in [0, 0.05) is 12.8 Å². The summed E-state index contributed by atoms with van der Waals surface area (Å²) in [5, 5.41) is 0. The van der Waals surface area contributed by atoms with Crippen molar-refractivity contribution in [3.8, 4) is 5.75 Å². The van der Waals surface area contributed by atoms with Gasteiger partial charge in [0.15, 0.2) is 6.10 Å². The van der Waals surface area contributed by atoms with Gasteiger partial charge in [0.2, 0.25) is 0 Å². The number of hydrogen-bond donors (Lipinski definition) is 1. The Morgan fingerprint density at radius 2 is 0.940 bits per heavy atom. The van der Waals surface area contributed by atoms with E-state index in [1.807, 2.05) is 0 Å². The topological polar surface area (TPSA) is 108 Å². The molecule has 0 aliphatic heterocycles. The van der Waals surface area contributed by atoms with Gasteiger partial charge in [0.25, 0.3) is 0 Å². The monoisotopic (exact) mass is 725 g/mol. The molecule has 1 N–H and O–H groups in total. The van der Waals surface area contributed by atoms with Gasteiger partial charge in [-0.05, 0) is 25.0 Å². The van der Waals surface area contributed by atoms with Crippen LogP contribution >= 0.6 is 7.82 Å². The summed E-state index contributed by atoms with van der Waals surface area (Å²) in [5.41, 5.74) is 0. The molecule has 8 nitrogen and oxygen atoms in total. The molecule has 2 atom stereocenters. The van der Waals surface area contributed by atoms with E-state index in [1.54, 1.807) is 18.2 Å². The van der Waals surface area contributed by atoms with Gasteiger partial charge in [-0.2, -0.15) is 0 Å². The zero-order valence-electron chi connectivity index (χ0n) is 31.9. The molecule has 1 rings (SSSR count). The molecule has 1 unspecified atom stereocenters. The highest BCUT2D eigenvalue weighted by molar-refractivity contribution is 7.47. The Balaban J connectivity index is 2.31. The van der Waals surface area contributed by atoms with Gasteiger partial charge in [0.05, 0.1) is 0 Å². The normalized spacial score (nSPS) is 13.1. The number of para-hydroxylation sites is 1. The van der Waals surface area contributed by atoms with Gasteiger partial charge in [-0.3, -0.25) is 19.0 Å². The number of esters is 2. The molecule has 1 aromatic rings. The van der Waals surface area contributed by atoms with Gasteiger partial charge in [-0.25, -0.2) is 4.57 Å². The number of carbonyl (C=O) groups excluding carboxylic acids is 2. The van der Waals surface area contributed by atoms with Crippen LogP contribution in [-0.4, -0.2) is 36.1 Å². The molecular weight excluding hydrogens is 651 g/mol. The summed E-state index contributed by atoms with van der Waals surface area (Å²) in [5.74, 6) is -0.636. The highest BCUT2D eigenvalue weighted by Gasteiger charge is 2.27. The Morgan fingerprint density at radius 1 is 0.560 bits per heavy atom. The number of phosphoric acid groups is 1. The molecule has 1 aromatic carbocycles.